The van der Waals surface area contributed by atoms with Crippen molar-refractivity contribution in [3.8, 4) is 17.1 Å². The normalized spacial score (nSPS) is 11.2. The van der Waals surface area contributed by atoms with Crippen LogP contribution in [0.2, 0.25) is 0 Å². The number of benzene rings is 4. The maximum atomic E-state index is 12.6. The number of nitro benzene ring substituents is 1. The van der Waals surface area contributed by atoms with Crippen molar-refractivity contribution >= 4 is 44.4 Å². The van der Waals surface area contributed by atoms with Crippen LogP contribution in [0, 0.1) is 24.0 Å². The topological polar surface area (TPSA) is 288 Å². The van der Waals surface area contributed by atoms with Gasteiger partial charge in [0.15, 0.2) is 0 Å². The summed E-state index contributed by atoms with van der Waals surface area (Å²) in [6.45, 7) is 3.10. The number of carboxylic acids is 1. The molecule has 6 rings (SSSR count). The molecule has 0 saturated heterocycles. The number of aromatic carboxylic acids is 1. The Balaban J connectivity index is 0.000000287. The Kier molecular flexibility index (Phi) is 12.4. The van der Waals surface area contributed by atoms with Gasteiger partial charge in [0.1, 0.15) is 11.4 Å². The Labute approximate surface area is 316 Å². The molecule has 0 atom stereocenters. The molecule has 0 aliphatic carbocycles. The van der Waals surface area contributed by atoms with Gasteiger partial charge in [-0.1, -0.05) is 68.1 Å². The third kappa shape index (κ3) is 8.98. The van der Waals surface area contributed by atoms with Crippen LogP contribution in [0.4, 0.5) is 28.4 Å². The number of aromatic nitrogens is 4. The molecule has 1 radical (unpaired) electrons. The largest absolute Gasteiger partial charge is 3.00 e. The predicted octanol–water partition coefficient (Wildman–Crippen LogP) is 3.14. The molecule has 54 heavy (non-hydrogen) atoms. The number of hydrogen-bond donors (Lipinski definition) is 1. The molecule has 21 heteroatoms. The first-order valence-corrected chi connectivity index (χ1v) is 16.5. The molecule has 2 aromatic heterocycles. The van der Waals surface area contributed by atoms with Crippen LogP contribution in [-0.4, -0.2) is 28.7 Å². The van der Waals surface area contributed by atoms with Gasteiger partial charge in [-0.2, -0.15) is 5.11 Å². The van der Waals surface area contributed by atoms with Crippen molar-refractivity contribution < 1.29 is 47.1 Å². The zero-order valence-electron chi connectivity index (χ0n) is 28.8. The second kappa shape index (κ2) is 16.7. The molecule has 6 aromatic rings. The number of rotatable bonds is 9. The first-order chi connectivity index (χ1) is 25.1. The molecule has 2 heterocycles. The van der Waals surface area contributed by atoms with E-state index in [2.05, 4.69) is 30.7 Å². The molecule has 273 valence electrons. The van der Waals surface area contributed by atoms with E-state index in [1.807, 2.05) is 6.07 Å². The Morgan fingerprint density at radius 1 is 0.759 bits per heavy atom. The molecule has 19 nitrogen and oxygen atoms in total. The molecular formula is C33H25CrN10O9S. The van der Waals surface area contributed by atoms with Crippen molar-refractivity contribution in [3.05, 3.63) is 145 Å². The Bertz CT molecular complexity index is 2660. The van der Waals surface area contributed by atoms with Gasteiger partial charge >= 0.3 is 18.8 Å². The van der Waals surface area contributed by atoms with Crippen molar-refractivity contribution in [2.24, 2.45) is 25.6 Å². The van der Waals surface area contributed by atoms with Crippen LogP contribution in [-0.2, 0) is 27.4 Å². The summed E-state index contributed by atoms with van der Waals surface area (Å²) in [5, 5.41) is 62.1. The van der Waals surface area contributed by atoms with Crippen molar-refractivity contribution in [2.45, 2.75) is 18.7 Å². The third-order valence-corrected chi connectivity index (χ3v) is 8.07. The Hall–Kier alpha value is -6.79. The van der Waals surface area contributed by atoms with Crippen LogP contribution in [0.1, 0.15) is 23.2 Å². The van der Waals surface area contributed by atoms with E-state index in [4.69, 9.17) is 5.14 Å². The quantitative estimate of drug-likeness (QED) is 0.126. The minimum Gasteiger partial charge on any atom is -0.871 e. The number of carbonyl (C=O) groups is 1. The van der Waals surface area contributed by atoms with Crippen molar-refractivity contribution in [2.75, 3.05) is 0 Å². The number of hydrogen-bond acceptors (Lipinski definition) is 13. The van der Waals surface area contributed by atoms with Gasteiger partial charge in [0.2, 0.25) is 10.0 Å². The molecule has 0 aliphatic heterocycles. The SMILES string of the molecule is Cc1[n-]n(-c2cccc(S(N)(=O)=O)c2)c(=O)c1N=Nc1ccccc1C(=O)[O-].Cc1[n-]n(-c2ccccc2)c(=O)c1N=Nc1cc([N+](=O)[O-])ccc1[O-].[Cr+3].[H+]. The van der Waals surface area contributed by atoms with Gasteiger partial charge < -0.3 is 34.6 Å². The average molecular weight is 790 g/mol. The zero-order chi connectivity index (χ0) is 38.4. The summed E-state index contributed by atoms with van der Waals surface area (Å²) in [5.74, 6) is -1.96. The number of sulfonamides is 1. The zero-order valence-corrected chi connectivity index (χ0v) is 29.9. The summed E-state index contributed by atoms with van der Waals surface area (Å²) < 4.78 is 25.1. The number of aryl methyl sites for hydroxylation is 2. The minimum atomic E-state index is -3.96. The smallest absolute Gasteiger partial charge is 0.871 e. The number of non-ortho nitro benzene ring substituents is 1. The molecule has 0 aliphatic rings. The average Bonchev–Trinajstić information content (AvgIpc) is 3.58. The van der Waals surface area contributed by atoms with E-state index in [1.54, 1.807) is 37.3 Å². The fourth-order valence-electron chi connectivity index (χ4n) is 4.58. The predicted molar refractivity (Wildman–Crippen MR) is 184 cm³/mol. The number of carboxylic acid groups (broad SMARTS) is 1. The standard InChI is InChI=1S/C17H15N5O5S.C16H13N5O4.Cr/c1-10-15(20-19-14-8-3-2-7-13(14)17(24)25)16(23)22(21-10)11-5-4-6-12(9-11)28(18,26)27;1-10-15(16(23)20(19-10)11-5-3-2-4-6-11)18-17-13-9-12(21(24)25)7-8-14(13)22;/h2-9H,1H3,(H4,18,19,21,23,24,25,26,27);2-9H,1H3,(H2,17,18,19,22,23);/q;;+3/p-3. The molecule has 4 aromatic carbocycles. The van der Waals surface area contributed by atoms with Crippen LogP contribution >= 0.6 is 0 Å². The Morgan fingerprint density at radius 2 is 1.30 bits per heavy atom. The van der Waals surface area contributed by atoms with Gasteiger partial charge in [0, 0.05) is 29.1 Å². The summed E-state index contributed by atoms with van der Waals surface area (Å²) >= 11 is 0. The summed E-state index contributed by atoms with van der Waals surface area (Å²) in [6, 6.07) is 23.1. The summed E-state index contributed by atoms with van der Waals surface area (Å²) in [4.78, 5) is 46.1. The van der Waals surface area contributed by atoms with Crippen LogP contribution in [0.5, 0.6) is 5.75 Å². The number of carbonyl (C=O) groups excluding carboxylic acids is 1. The Morgan fingerprint density at radius 3 is 1.87 bits per heavy atom. The first kappa shape index (κ1) is 40.0. The molecule has 0 bridgehead atoms. The number of azo groups is 2. The van der Waals surface area contributed by atoms with Gasteiger partial charge in [-0.25, -0.2) is 13.6 Å². The van der Waals surface area contributed by atoms with E-state index in [0.29, 0.717) is 11.4 Å². The van der Waals surface area contributed by atoms with Crippen LogP contribution in [0.3, 0.4) is 0 Å². The molecule has 0 unspecified atom stereocenters. The summed E-state index contributed by atoms with van der Waals surface area (Å²) in [5.41, 5.74) is -0.666. The van der Waals surface area contributed by atoms with Gasteiger partial charge in [-0.3, -0.25) is 19.7 Å². The van der Waals surface area contributed by atoms with E-state index in [-0.39, 0.29) is 69.1 Å². The third-order valence-electron chi connectivity index (χ3n) is 7.16. The van der Waals surface area contributed by atoms with E-state index in [9.17, 15) is 43.1 Å². The van der Waals surface area contributed by atoms with Gasteiger partial charge in [0.05, 0.1) is 27.2 Å². The van der Waals surface area contributed by atoms with Crippen molar-refractivity contribution in [1.29, 1.82) is 0 Å². The first-order valence-electron chi connectivity index (χ1n) is 15.0. The number of nitro groups is 1. The molecule has 0 amide bonds. The molecular weight excluding hydrogens is 764 g/mol. The summed E-state index contributed by atoms with van der Waals surface area (Å²) in [6.07, 6.45) is 0. The minimum absolute atomic E-state index is 0. The van der Waals surface area contributed by atoms with E-state index in [0.717, 1.165) is 22.9 Å². The molecule has 0 saturated carbocycles. The number of para-hydroxylation sites is 1. The molecule has 2 N–H and O–H groups in total. The maximum Gasteiger partial charge on any atom is 3.00 e. The molecule has 0 spiro atoms. The van der Waals surface area contributed by atoms with E-state index in [1.165, 1.54) is 54.1 Å². The van der Waals surface area contributed by atoms with Crippen LogP contribution in [0.25, 0.3) is 11.4 Å². The van der Waals surface area contributed by atoms with E-state index >= 15 is 0 Å². The maximum absolute atomic E-state index is 12.6. The number of primary sulfonamides is 1. The second-order valence-electron chi connectivity index (χ2n) is 10.8. The summed E-state index contributed by atoms with van der Waals surface area (Å²) in [7, 11) is -3.96. The monoisotopic (exact) mass is 789 g/mol. The van der Waals surface area contributed by atoms with Gasteiger partial charge in [-0.05, 0) is 36.4 Å². The fourth-order valence-corrected chi connectivity index (χ4v) is 5.13. The van der Waals surface area contributed by atoms with Crippen LogP contribution < -0.4 is 36.7 Å². The van der Waals surface area contributed by atoms with E-state index < -0.39 is 37.8 Å². The molecule has 0 fully saturated rings. The van der Waals surface area contributed by atoms with Gasteiger partial charge in [-0.15, -0.1) is 26.7 Å². The van der Waals surface area contributed by atoms with Crippen LogP contribution in [0.15, 0.2) is 132 Å². The fraction of sp³-hybridized carbons (Fsp3) is 0.0606. The second-order valence-corrected chi connectivity index (χ2v) is 12.4. The van der Waals surface area contributed by atoms with Gasteiger partial charge in [0.25, 0.3) is 16.8 Å². The van der Waals surface area contributed by atoms with Crippen molar-refractivity contribution in [3.63, 3.8) is 0 Å². The number of nitrogens with zero attached hydrogens (tertiary/aromatic N) is 9. The van der Waals surface area contributed by atoms with Crippen molar-refractivity contribution in [1.82, 2.24) is 19.6 Å². The number of nitrogens with two attached hydrogens (primary N) is 1.